The largest absolute Gasteiger partial charge is 0.465 e. The highest BCUT2D eigenvalue weighted by molar-refractivity contribution is 7.91. The minimum absolute atomic E-state index is 0.178. The lowest BCUT2D eigenvalue weighted by Gasteiger charge is -2.08. The fraction of sp³-hybridized carbons (Fsp3) is 0.375. The number of nitrogens with one attached hydrogen (secondary N) is 2. The number of hydrogen-bond acceptors (Lipinski definition) is 6. The van der Waals surface area contributed by atoms with Crippen LogP contribution in [-0.4, -0.2) is 50.8 Å². The van der Waals surface area contributed by atoms with Crippen molar-refractivity contribution < 1.29 is 22.7 Å². The Morgan fingerprint density at radius 2 is 1.92 bits per heavy atom. The summed E-state index contributed by atoms with van der Waals surface area (Å²) in [5, 5.41) is 2.73. The standard InChI is InChI=1S/C16H21N3O5S2/c1-9-13(16(21)24-5)10(2)18-14(9)15(20)17-8-11-6-7-12(25-11)26(22,23)19(3)4/h6-7,18H,8H2,1-5H3,(H,17,20). The van der Waals surface area contributed by atoms with Gasteiger partial charge in [0.15, 0.2) is 0 Å². The SMILES string of the molecule is COC(=O)c1c(C)[nH]c(C(=O)NCc2ccc(S(=O)(=O)N(C)C)s2)c1C. The van der Waals surface area contributed by atoms with Crippen LogP contribution >= 0.6 is 11.3 Å². The molecule has 2 N–H and O–H groups in total. The first-order chi connectivity index (χ1) is 12.1. The summed E-state index contributed by atoms with van der Waals surface area (Å²) >= 11 is 1.10. The summed E-state index contributed by atoms with van der Waals surface area (Å²) < 4.78 is 30.2. The average molecular weight is 399 g/mol. The Bertz CT molecular complexity index is 941. The molecule has 2 aromatic heterocycles. The number of thiophene rings is 1. The predicted octanol–water partition coefficient (Wildman–Crippen LogP) is 1.66. The van der Waals surface area contributed by atoms with Gasteiger partial charge < -0.3 is 15.0 Å². The van der Waals surface area contributed by atoms with Gasteiger partial charge in [-0.15, -0.1) is 11.3 Å². The fourth-order valence-corrected chi connectivity index (χ4v) is 4.88. The number of carbonyl (C=O) groups is 2. The molecule has 10 heteroatoms. The number of esters is 1. The lowest BCUT2D eigenvalue weighted by Crippen LogP contribution is -2.23. The number of rotatable bonds is 6. The van der Waals surface area contributed by atoms with Crippen molar-refractivity contribution in [2.24, 2.45) is 0 Å². The second kappa shape index (κ2) is 7.60. The van der Waals surface area contributed by atoms with Crippen LogP contribution in [-0.2, 0) is 21.3 Å². The summed E-state index contributed by atoms with van der Waals surface area (Å²) in [6.45, 7) is 3.53. The van der Waals surface area contributed by atoms with Crippen LogP contribution in [0.5, 0.6) is 0 Å². The minimum Gasteiger partial charge on any atom is -0.465 e. The molecule has 0 aromatic carbocycles. The van der Waals surface area contributed by atoms with E-state index in [9.17, 15) is 18.0 Å². The summed E-state index contributed by atoms with van der Waals surface area (Å²) in [7, 11) is 0.723. The maximum absolute atomic E-state index is 12.4. The van der Waals surface area contributed by atoms with Gasteiger partial charge in [0.25, 0.3) is 15.9 Å². The molecule has 0 spiro atoms. The summed E-state index contributed by atoms with van der Waals surface area (Å²) in [5.74, 6) is -0.890. The van der Waals surface area contributed by atoms with Crippen LogP contribution in [0.15, 0.2) is 16.3 Å². The minimum atomic E-state index is -3.49. The molecule has 0 saturated heterocycles. The number of methoxy groups -OCH3 is 1. The van der Waals surface area contributed by atoms with E-state index in [0.29, 0.717) is 21.7 Å². The Hall–Kier alpha value is -2.17. The maximum Gasteiger partial charge on any atom is 0.339 e. The zero-order valence-corrected chi connectivity index (χ0v) is 16.8. The smallest absolute Gasteiger partial charge is 0.339 e. The first-order valence-electron chi connectivity index (χ1n) is 7.66. The van der Waals surface area contributed by atoms with E-state index in [2.05, 4.69) is 10.3 Å². The van der Waals surface area contributed by atoms with E-state index in [1.807, 2.05) is 0 Å². The molecule has 0 atom stereocenters. The molecular formula is C16H21N3O5S2. The van der Waals surface area contributed by atoms with Crippen molar-refractivity contribution in [3.05, 3.63) is 39.5 Å². The number of nitrogens with zero attached hydrogens (tertiary/aromatic N) is 1. The van der Waals surface area contributed by atoms with Crippen molar-refractivity contribution >= 4 is 33.2 Å². The summed E-state index contributed by atoms with van der Waals surface area (Å²) in [6.07, 6.45) is 0. The fourth-order valence-electron chi connectivity index (χ4n) is 2.41. The van der Waals surface area contributed by atoms with Gasteiger partial charge in [0.2, 0.25) is 0 Å². The molecule has 2 heterocycles. The van der Waals surface area contributed by atoms with Crippen LogP contribution in [0.2, 0.25) is 0 Å². The van der Waals surface area contributed by atoms with E-state index < -0.39 is 16.0 Å². The molecule has 0 aliphatic rings. The molecule has 0 unspecified atom stereocenters. The number of hydrogen-bond donors (Lipinski definition) is 2. The molecule has 8 nitrogen and oxygen atoms in total. The van der Waals surface area contributed by atoms with Crippen LogP contribution < -0.4 is 5.32 Å². The van der Waals surface area contributed by atoms with Crippen LogP contribution in [0.25, 0.3) is 0 Å². The molecular weight excluding hydrogens is 378 g/mol. The molecule has 2 rings (SSSR count). The van der Waals surface area contributed by atoms with Crippen LogP contribution in [0, 0.1) is 13.8 Å². The quantitative estimate of drug-likeness (QED) is 0.718. The van der Waals surface area contributed by atoms with Crippen LogP contribution in [0.4, 0.5) is 0 Å². The van der Waals surface area contributed by atoms with Gasteiger partial charge in [-0.05, 0) is 31.5 Å². The van der Waals surface area contributed by atoms with Crippen LogP contribution in [0.1, 0.15) is 37.0 Å². The summed E-state index contributed by atoms with van der Waals surface area (Å²) in [4.78, 5) is 27.8. The Morgan fingerprint density at radius 1 is 1.27 bits per heavy atom. The highest BCUT2D eigenvalue weighted by Crippen LogP contribution is 2.24. The van der Waals surface area contributed by atoms with Gasteiger partial charge in [-0.1, -0.05) is 0 Å². The van der Waals surface area contributed by atoms with Gasteiger partial charge in [0, 0.05) is 24.7 Å². The molecule has 2 aromatic rings. The third-order valence-corrected chi connectivity index (χ3v) is 7.22. The van der Waals surface area contributed by atoms with Crippen molar-refractivity contribution in [2.75, 3.05) is 21.2 Å². The van der Waals surface area contributed by atoms with E-state index >= 15 is 0 Å². The lowest BCUT2D eigenvalue weighted by atomic mass is 10.1. The van der Waals surface area contributed by atoms with Gasteiger partial charge in [-0.2, -0.15) is 0 Å². The Labute approximate surface area is 156 Å². The second-order valence-corrected chi connectivity index (χ2v) is 9.35. The highest BCUT2D eigenvalue weighted by atomic mass is 32.2. The molecule has 142 valence electrons. The van der Waals surface area contributed by atoms with Gasteiger partial charge >= 0.3 is 5.97 Å². The first kappa shape index (κ1) is 20.1. The molecule has 26 heavy (non-hydrogen) atoms. The van der Waals surface area contributed by atoms with E-state index in [1.165, 1.54) is 27.3 Å². The lowest BCUT2D eigenvalue weighted by molar-refractivity contribution is 0.0599. The Kier molecular flexibility index (Phi) is 5.89. The third-order valence-electron chi connectivity index (χ3n) is 3.85. The number of aromatic amines is 1. The van der Waals surface area contributed by atoms with Crippen molar-refractivity contribution in [1.29, 1.82) is 0 Å². The number of sulfonamides is 1. The highest BCUT2D eigenvalue weighted by Gasteiger charge is 2.23. The first-order valence-corrected chi connectivity index (χ1v) is 9.92. The zero-order valence-electron chi connectivity index (χ0n) is 15.2. The summed E-state index contributed by atoms with van der Waals surface area (Å²) in [6, 6.07) is 3.18. The van der Waals surface area contributed by atoms with Crippen molar-refractivity contribution in [3.63, 3.8) is 0 Å². The average Bonchev–Trinajstić information content (AvgIpc) is 3.17. The molecule has 0 saturated carbocycles. The zero-order chi connectivity index (χ0) is 19.6. The number of aromatic nitrogens is 1. The molecule has 0 fully saturated rings. The third kappa shape index (κ3) is 3.81. The molecule has 1 amide bonds. The van der Waals surface area contributed by atoms with Crippen molar-refractivity contribution in [1.82, 2.24) is 14.6 Å². The van der Waals surface area contributed by atoms with Gasteiger partial charge in [0.05, 0.1) is 19.2 Å². The normalized spacial score (nSPS) is 11.6. The predicted molar refractivity (Wildman–Crippen MR) is 98.0 cm³/mol. The monoisotopic (exact) mass is 399 g/mol. The van der Waals surface area contributed by atoms with E-state index in [-0.39, 0.29) is 22.4 Å². The van der Waals surface area contributed by atoms with Crippen molar-refractivity contribution in [3.8, 4) is 0 Å². The van der Waals surface area contributed by atoms with Gasteiger partial charge in [-0.3, -0.25) is 4.79 Å². The van der Waals surface area contributed by atoms with Gasteiger partial charge in [-0.25, -0.2) is 17.5 Å². The topological polar surface area (TPSA) is 109 Å². The molecule has 0 radical (unpaired) electrons. The van der Waals surface area contributed by atoms with E-state index in [1.54, 1.807) is 19.9 Å². The second-order valence-electron chi connectivity index (χ2n) is 5.81. The number of carbonyl (C=O) groups excluding carboxylic acids is 2. The van der Waals surface area contributed by atoms with Crippen LogP contribution in [0.3, 0.4) is 0 Å². The maximum atomic E-state index is 12.4. The van der Waals surface area contributed by atoms with Crippen molar-refractivity contribution in [2.45, 2.75) is 24.6 Å². The molecule has 0 aliphatic carbocycles. The molecule has 0 bridgehead atoms. The number of ether oxygens (including phenoxy) is 1. The molecule has 0 aliphatic heterocycles. The van der Waals surface area contributed by atoms with E-state index in [4.69, 9.17) is 4.74 Å². The number of H-pyrrole nitrogens is 1. The Morgan fingerprint density at radius 3 is 2.50 bits per heavy atom. The van der Waals surface area contributed by atoms with E-state index in [0.717, 1.165) is 15.6 Å². The Balaban J connectivity index is 2.13. The summed E-state index contributed by atoms with van der Waals surface area (Å²) in [5.41, 5.74) is 1.68. The number of amides is 1. The number of aryl methyl sites for hydroxylation is 1. The van der Waals surface area contributed by atoms with Gasteiger partial charge in [0.1, 0.15) is 9.90 Å².